The number of aromatic nitrogens is 3. The first-order valence-electron chi connectivity index (χ1n) is 5.33. The first kappa shape index (κ1) is 11.4. The van der Waals surface area contributed by atoms with E-state index in [1.165, 1.54) is 10.7 Å². The maximum absolute atomic E-state index is 9.86. The predicted octanol–water partition coefficient (Wildman–Crippen LogP) is 1.98. The van der Waals surface area contributed by atoms with Crippen molar-refractivity contribution in [3.8, 4) is 17.2 Å². The Morgan fingerprint density at radius 3 is 2.41 bits per heavy atom. The third-order valence-corrected chi connectivity index (χ3v) is 2.57. The fraction of sp³-hybridized carbons (Fsp3) is 0.333. The van der Waals surface area contributed by atoms with Gasteiger partial charge in [0.25, 0.3) is 0 Å². The van der Waals surface area contributed by atoms with Crippen LogP contribution in [0.15, 0.2) is 24.5 Å². The maximum atomic E-state index is 9.86. The van der Waals surface area contributed by atoms with Crippen LogP contribution < -0.4 is 0 Å². The Balaban J connectivity index is 2.62. The van der Waals surface area contributed by atoms with Crippen LogP contribution in [0.2, 0.25) is 0 Å². The summed E-state index contributed by atoms with van der Waals surface area (Å²) in [6.45, 7) is 5.89. The van der Waals surface area contributed by atoms with Gasteiger partial charge in [0, 0.05) is 11.6 Å². The molecule has 5 nitrogen and oxygen atoms in total. The highest BCUT2D eigenvalue weighted by Crippen LogP contribution is 2.38. The average Bonchev–Trinajstić information content (AvgIpc) is 2.73. The van der Waals surface area contributed by atoms with E-state index in [1.54, 1.807) is 18.5 Å². The smallest absolute Gasteiger partial charge is 0.161 e. The first-order chi connectivity index (χ1) is 7.89. The standard InChI is InChI=1S/C12H15N3O2/c1-12(2,3)9-6-8(7-10(16)11(9)17)15-5-4-13-14-15/h4-7,16-17H,1-3H3. The van der Waals surface area contributed by atoms with Gasteiger partial charge in [-0.1, -0.05) is 26.0 Å². The first-order valence-corrected chi connectivity index (χ1v) is 5.33. The van der Waals surface area contributed by atoms with Crippen LogP contribution in [0.3, 0.4) is 0 Å². The lowest BCUT2D eigenvalue weighted by atomic mass is 9.86. The molecule has 0 aliphatic rings. The number of hydrogen-bond acceptors (Lipinski definition) is 4. The third kappa shape index (κ3) is 2.08. The summed E-state index contributed by atoms with van der Waals surface area (Å²) >= 11 is 0. The molecule has 5 heteroatoms. The van der Waals surface area contributed by atoms with Gasteiger partial charge in [-0.15, -0.1) is 5.10 Å². The summed E-state index contributed by atoms with van der Waals surface area (Å²) in [6.07, 6.45) is 3.24. The second-order valence-electron chi connectivity index (χ2n) is 4.96. The molecule has 0 unspecified atom stereocenters. The molecule has 0 aliphatic heterocycles. The lowest BCUT2D eigenvalue weighted by molar-refractivity contribution is 0.388. The molecule has 90 valence electrons. The minimum absolute atomic E-state index is 0.0821. The molecule has 0 amide bonds. The predicted molar refractivity (Wildman–Crippen MR) is 63.4 cm³/mol. The van der Waals surface area contributed by atoms with Gasteiger partial charge < -0.3 is 10.2 Å². The van der Waals surface area contributed by atoms with Crippen LogP contribution in [0.4, 0.5) is 0 Å². The topological polar surface area (TPSA) is 71.2 Å². The molecule has 1 heterocycles. The van der Waals surface area contributed by atoms with Crippen molar-refractivity contribution in [3.05, 3.63) is 30.1 Å². The van der Waals surface area contributed by atoms with Crippen molar-refractivity contribution in [1.29, 1.82) is 0 Å². The highest BCUT2D eigenvalue weighted by Gasteiger charge is 2.21. The normalized spacial score (nSPS) is 11.7. The van der Waals surface area contributed by atoms with Crippen molar-refractivity contribution in [2.45, 2.75) is 26.2 Å². The highest BCUT2D eigenvalue weighted by molar-refractivity contribution is 5.54. The minimum atomic E-state index is -0.266. The van der Waals surface area contributed by atoms with Crippen molar-refractivity contribution in [3.63, 3.8) is 0 Å². The van der Waals surface area contributed by atoms with E-state index in [0.717, 1.165) is 0 Å². The van der Waals surface area contributed by atoms with Crippen molar-refractivity contribution in [2.75, 3.05) is 0 Å². The quantitative estimate of drug-likeness (QED) is 0.739. The monoisotopic (exact) mass is 233 g/mol. The van der Waals surface area contributed by atoms with Gasteiger partial charge in [-0.3, -0.25) is 0 Å². The van der Waals surface area contributed by atoms with E-state index in [-0.39, 0.29) is 16.9 Å². The van der Waals surface area contributed by atoms with Gasteiger partial charge in [0.05, 0.1) is 18.1 Å². The van der Waals surface area contributed by atoms with Crippen molar-refractivity contribution >= 4 is 0 Å². The zero-order valence-corrected chi connectivity index (χ0v) is 10.0. The molecule has 1 aromatic heterocycles. The van der Waals surface area contributed by atoms with E-state index in [9.17, 15) is 10.2 Å². The number of phenols is 2. The molecule has 17 heavy (non-hydrogen) atoms. The van der Waals surface area contributed by atoms with Gasteiger partial charge in [0.2, 0.25) is 0 Å². The summed E-state index contributed by atoms with van der Waals surface area (Å²) in [5.41, 5.74) is 1.07. The van der Waals surface area contributed by atoms with E-state index in [2.05, 4.69) is 10.3 Å². The van der Waals surface area contributed by atoms with E-state index in [4.69, 9.17) is 0 Å². The van der Waals surface area contributed by atoms with Gasteiger partial charge in [-0.05, 0) is 11.5 Å². The molecule has 0 saturated carbocycles. The lowest BCUT2D eigenvalue weighted by Gasteiger charge is -2.21. The second-order valence-corrected chi connectivity index (χ2v) is 4.96. The third-order valence-electron chi connectivity index (χ3n) is 2.57. The Kier molecular flexibility index (Phi) is 2.53. The molecular weight excluding hydrogens is 218 g/mol. The van der Waals surface area contributed by atoms with E-state index >= 15 is 0 Å². The number of aromatic hydroxyl groups is 2. The van der Waals surface area contributed by atoms with E-state index in [1.807, 2.05) is 20.8 Å². The summed E-state index contributed by atoms with van der Waals surface area (Å²) < 4.78 is 1.54. The van der Waals surface area contributed by atoms with E-state index in [0.29, 0.717) is 11.3 Å². The Hall–Kier alpha value is -2.04. The van der Waals surface area contributed by atoms with Crippen LogP contribution in [-0.4, -0.2) is 25.2 Å². The van der Waals surface area contributed by atoms with Gasteiger partial charge in [0.1, 0.15) is 0 Å². The molecule has 0 fully saturated rings. The summed E-state index contributed by atoms with van der Waals surface area (Å²) in [5.74, 6) is -0.232. The molecule has 2 aromatic rings. The minimum Gasteiger partial charge on any atom is -0.504 e. The summed E-state index contributed by atoms with van der Waals surface area (Å²) in [7, 11) is 0. The summed E-state index contributed by atoms with van der Waals surface area (Å²) in [5, 5.41) is 27.2. The molecule has 0 atom stereocenters. The van der Waals surface area contributed by atoms with Crippen LogP contribution in [-0.2, 0) is 5.41 Å². The van der Waals surface area contributed by atoms with Crippen LogP contribution in [0.1, 0.15) is 26.3 Å². The molecule has 0 bridgehead atoms. The largest absolute Gasteiger partial charge is 0.504 e. The van der Waals surface area contributed by atoms with Crippen LogP contribution >= 0.6 is 0 Å². The number of nitrogens with zero attached hydrogens (tertiary/aromatic N) is 3. The fourth-order valence-electron chi connectivity index (χ4n) is 1.65. The SMILES string of the molecule is CC(C)(C)c1cc(-n2ccnn2)cc(O)c1O. The summed E-state index contributed by atoms with van der Waals surface area (Å²) in [4.78, 5) is 0. The van der Waals surface area contributed by atoms with Gasteiger partial charge in [-0.2, -0.15) is 0 Å². The zero-order chi connectivity index (χ0) is 12.6. The van der Waals surface area contributed by atoms with Gasteiger partial charge in [0.15, 0.2) is 11.5 Å². The molecule has 2 N–H and O–H groups in total. The zero-order valence-electron chi connectivity index (χ0n) is 10.0. The molecule has 0 aliphatic carbocycles. The van der Waals surface area contributed by atoms with E-state index < -0.39 is 0 Å². The number of hydrogen-bond donors (Lipinski definition) is 2. The fourth-order valence-corrected chi connectivity index (χ4v) is 1.65. The van der Waals surface area contributed by atoms with Gasteiger partial charge in [-0.25, -0.2) is 4.68 Å². The van der Waals surface area contributed by atoms with Crippen molar-refractivity contribution < 1.29 is 10.2 Å². The number of phenolic OH excluding ortho intramolecular Hbond substituents is 2. The molecule has 0 spiro atoms. The number of benzene rings is 1. The molecule has 1 aromatic carbocycles. The van der Waals surface area contributed by atoms with Crippen molar-refractivity contribution in [1.82, 2.24) is 15.0 Å². The maximum Gasteiger partial charge on any atom is 0.161 e. The Morgan fingerprint density at radius 1 is 1.18 bits per heavy atom. The molecular formula is C12H15N3O2. The summed E-state index contributed by atoms with van der Waals surface area (Å²) in [6, 6.07) is 3.25. The van der Waals surface area contributed by atoms with Crippen molar-refractivity contribution in [2.24, 2.45) is 0 Å². The average molecular weight is 233 g/mol. The van der Waals surface area contributed by atoms with Crippen LogP contribution in [0.25, 0.3) is 5.69 Å². The molecule has 0 radical (unpaired) electrons. The van der Waals surface area contributed by atoms with Gasteiger partial charge >= 0.3 is 0 Å². The lowest BCUT2D eigenvalue weighted by Crippen LogP contribution is -2.12. The molecule has 0 saturated heterocycles. The van der Waals surface area contributed by atoms with Crippen LogP contribution in [0, 0.1) is 0 Å². The van der Waals surface area contributed by atoms with Crippen LogP contribution in [0.5, 0.6) is 11.5 Å². The molecule has 2 rings (SSSR count). The Labute approximate surface area is 99.3 Å². The Morgan fingerprint density at radius 2 is 1.88 bits per heavy atom. The number of rotatable bonds is 1. The Bertz CT molecular complexity index is 527. The highest BCUT2D eigenvalue weighted by atomic mass is 16.3. The second kappa shape index (κ2) is 3.76.